The number of hydrogen-bond acceptors (Lipinski definition) is 6. The first-order chi connectivity index (χ1) is 15.8. The summed E-state index contributed by atoms with van der Waals surface area (Å²) in [6.45, 7) is 5.35. The second-order valence-electron chi connectivity index (χ2n) is 8.45. The van der Waals surface area contributed by atoms with Crippen molar-refractivity contribution in [2.24, 2.45) is 0 Å². The van der Waals surface area contributed by atoms with Gasteiger partial charge >= 0.3 is 0 Å². The molecule has 172 valence electrons. The van der Waals surface area contributed by atoms with Crippen molar-refractivity contribution in [1.29, 1.82) is 0 Å². The maximum Gasteiger partial charge on any atom is 0.243 e. The van der Waals surface area contributed by atoms with Crippen LogP contribution in [-0.2, 0) is 10.0 Å². The second kappa shape index (κ2) is 8.96. The largest absolute Gasteiger partial charge is 0.353 e. The molecule has 0 radical (unpaired) electrons. The van der Waals surface area contributed by atoms with E-state index in [-0.39, 0.29) is 10.9 Å². The van der Waals surface area contributed by atoms with E-state index in [0.29, 0.717) is 9.17 Å². The summed E-state index contributed by atoms with van der Waals surface area (Å²) in [7, 11) is -1.71. The Morgan fingerprint density at radius 2 is 1.79 bits per heavy atom. The molecule has 1 atom stereocenters. The molecule has 0 spiro atoms. The van der Waals surface area contributed by atoms with Gasteiger partial charge in [-0.2, -0.15) is 0 Å². The Hall–Kier alpha value is -2.04. The summed E-state index contributed by atoms with van der Waals surface area (Å²) in [5, 5.41) is 2.91. The van der Waals surface area contributed by atoms with Gasteiger partial charge in [0, 0.05) is 43.1 Å². The molecule has 1 N–H and O–H groups in total. The maximum absolute atomic E-state index is 13.7. The predicted molar refractivity (Wildman–Crippen MR) is 140 cm³/mol. The second-order valence-corrected chi connectivity index (χ2v) is 12.5. The van der Waals surface area contributed by atoms with Gasteiger partial charge in [0.25, 0.3) is 0 Å². The van der Waals surface area contributed by atoms with Gasteiger partial charge in [0.1, 0.15) is 10.7 Å². The fraction of sp³-hybridized carbons (Fsp3) is 0.292. The molecule has 3 heterocycles. The number of aromatic nitrogens is 1. The van der Waals surface area contributed by atoms with Crippen molar-refractivity contribution in [3.8, 4) is 0 Å². The molecule has 0 amide bonds. The van der Waals surface area contributed by atoms with Crippen molar-refractivity contribution in [3.05, 3.63) is 64.1 Å². The summed E-state index contributed by atoms with van der Waals surface area (Å²) in [6.07, 6.45) is 1.76. The number of halogens is 1. The van der Waals surface area contributed by atoms with Gasteiger partial charge < -0.3 is 9.80 Å². The van der Waals surface area contributed by atoms with Crippen LogP contribution in [0.2, 0.25) is 0 Å². The SMILES string of the molecule is C[C@H](NS(=O)(=O)c1c(Br)sc2ccnc(N3CCN(C)CC3)c12)c1ccc2ccccc2c1. The Bertz CT molecular complexity index is 1430. The summed E-state index contributed by atoms with van der Waals surface area (Å²) in [6, 6.07) is 15.6. The lowest BCUT2D eigenvalue weighted by molar-refractivity contribution is 0.312. The van der Waals surface area contributed by atoms with E-state index in [1.54, 1.807) is 6.20 Å². The first kappa shape index (κ1) is 22.7. The van der Waals surface area contributed by atoms with Gasteiger partial charge in [-0.05, 0) is 58.4 Å². The lowest BCUT2D eigenvalue weighted by Crippen LogP contribution is -2.45. The third kappa shape index (κ3) is 4.40. The first-order valence-electron chi connectivity index (χ1n) is 10.8. The Morgan fingerprint density at radius 1 is 1.06 bits per heavy atom. The fourth-order valence-electron chi connectivity index (χ4n) is 4.31. The van der Waals surface area contributed by atoms with Crippen molar-refractivity contribution < 1.29 is 8.42 Å². The maximum atomic E-state index is 13.7. The lowest BCUT2D eigenvalue weighted by atomic mass is 10.0. The van der Waals surface area contributed by atoms with Crippen molar-refractivity contribution in [3.63, 3.8) is 0 Å². The standard InChI is InChI=1S/C24H25BrN4O2S2/c1-16(18-8-7-17-5-3-4-6-19(17)15-18)27-33(30,31)22-21-20(32-23(22)25)9-10-26-24(21)29-13-11-28(2)12-14-29/h3-10,15-16,27H,11-14H2,1-2H3/t16-/m0/s1. The highest BCUT2D eigenvalue weighted by Gasteiger charge is 2.30. The van der Waals surface area contributed by atoms with Crippen LogP contribution in [0.5, 0.6) is 0 Å². The predicted octanol–water partition coefficient (Wildman–Crippen LogP) is 5.00. The van der Waals surface area contributed by atoms with Crippen molar-refractivity contribution in [2.75, 3.05) is 38.1 Å². The highest BCUT2D eigenvalue weighted by molar-refractivity contribution is 9.11. The number of pyridine rings is 1. The highest BCUT2D eigenvalue weighted by Crippen LogP contribution is 2.43. The summed E-state index contributed by atoms with van der Waals surface area (Å²) < 4.78 is 31.8. The molecular formula is C24H25BrN4O2S2. The van der Waals surface area contributed by atoms with Crippen LogP contribution in [0.3, 0.4) is 0 Å². The number of piperazine rings is 1. The minimum Gasteiger partial charge on any atom is -0.353 e. The summed E-state index contributed by atoms with van der Waals surface area (Å²) >= 11 is 4.97. The normalized spacial score (nSPS) is 16.5. The zero-order valence-electron chi connectivity index (χ0n) is 18.5. The van der Waals surface area contributed by atoms with Crippen LogP contribution in [0.25, 0.3) is 20.9 Å². The number of hydrogen-bond donors (Lipinski definition) is 1. The van der Waals surface area contributed by atoms with Gasteiger partial charge in [-0.25, -0.2) is 18.1 Å². The smallest absolute Gasteiger partial charge is 0.243 e. The number of rotatable bonds is 5. The van der Waals surface area contributed by atoms with E-state index in [0.717, 1.165) is 53.0 Å². The average molecular weight is 546 g/mol. The number of thiophene rings is 1. The Kier molecular flexibility index (Phi) is 6.17. The van der Waals surface area contributed by atoms with E-state index < -0.39 is 10.0 Å². The summed E-state index contributed by atoms with van der Waals surface area (Å²) in [4.78, 5) is 9.35. The fourth-order valence-corrected chi connectivity index (χ4v) is 8.40. The molecule has 33 heavy (non-hydrogen) atoms. The third-order valence-electron chi connectivity index (χ3n) is 6.17. The average Bonchev–Trinajstić information content (AvgIpc) is 3.16. The quantitative estimate of drug-likeness (QED) is 0.382. The number of likely N-dealkylation sites (N-methyl/N-ethyl adjacent to an activating group) is 1. The molecule has 2 aromatic carbocycles. The van der Waals surface area contributed by atoms with E-state index in [2.05, 4.69) is 48.5 Å². The van der Waals surface area contributed by atoms with Crippen LogP contribution in [0, 0.1) is 0 Å². The summed E-state index contributed by atoms with van der Waals surface area (Å²) in [5.41, 5.74) is 0.922. The van der Waals surface area contributed by atoms with Crippen LogP contribution in [0.4, 0.5) is 5.82 Å². The molecule has 9 heteroatoms. The molecule has 1 fully saturated rings. The molecule has 6 nitrogen and oxygen atoms in total. The molecule has 0 saturated carbocycles. The number of nitrogens with one attached hydrogen (secondary N) is 1. The molecule has 1 aliphatic heterocycles. The van der Waals surface area contributed by atoms with Crippen molar-refractivity contribution in [2.45, 2.75) is 17.9 Å². The molecule has 0 bridgehead atoms. The molecule has 1 saturated heterocycles. The van der Waals surface area contributed by atoms with Crippen LogP contribution < -0.4 is 9.62 Å². The first-order valence-corrected chi connectivity index (χ1v) is 13.9. The van der Waals surface area contributed by atoms with Crippen LogP contribution in [-0.4, -0.2) is 51.5 Å². The summed E-state index contributed by atoms with van der Waals surface area (Å²) in [5.74, 6) is 0.737. The molecule has 2 aromatic heterocycles. The van der Waals surface area contributed by atoms with Gasteiger partial charge in [-0.15, -0.1) is 11.3 Å². The molecule has 5 rings (SSSR count). The van der Waals surface area contributed by atoms with Crippen LogP contribution in [0.15, 0.2) is 63.4 Å². The Balaban J connectivity index is 1.52. The van der Waals surface area contributed by atoms with Gasteiger partial charge in [0.15, 0.2) is 0 Å². The van der Waals surface area contributed by atoms with Gasteiger partial charge in [0.05, 0.1) is 9.17 Å². The molecule has 0 aliphatic carbocycles. The number of anilines is 1. The van der Waals surface area contributed by atoms with Crippen molar-refractivity contribution in [1.82, 2.24) is 14.6 Å². The number of nitrogens with zero attached hydrogens (tertiary/aromatic N) is 3. The van der Waals surface area contributed by atoms with Crippen molar-refractivity contribution >= 4 is 64.0 Å². The lowest BCUT2D eigenvalue weighted by Gasteiger charge is -2.33. The molecule has 0 unspecified atom stereocenters. The number of benzene rings is 2. The van der Waals surface area contributed by atoms with Crippen LogP contribution in [0.1, 0.15) is 18.5 Å². The molecule has 1 aliphatic rings. The zero-order chi connectivity index (χ0) is 23.2. The minimum absolute atomic E-state index is 0.275. The van der Waals surface area contributed by atoms with E-state index in [9.17, 15) is 8.42 Å². The minimum atomic E-state index is -3.81. The Labute approximate surface area is 206 Å². The number of fused-ring (bicyclic) bond motifs is 2. The topological polar surface area (TPSA) is 65.5 Å². The number of sulfonamides is 1. The van der Waals surface area contributed by atoms with E-state index in [4.69, 9.17) is 0 Å². The van der Waals surface area contributed by atoms with Gasteiger partial charge in [-0.1, -0.05) is 36.4 Å². The highest BCUT2D eigenvalue weighted by atomic mass is 79.9. The molecular weight excluding hydrogens is 520 g/mol. The van der Waals surface area contributed by atoms with E-state index in [1.165, 1.54) is 11.3 Å². The zero-order valence-corrected chi connectivity index (χ0v) is 21.7. The molecule has 4 aromatic rings. The monoisotopic (exact) mass is 544 g/mol. The van der Waals surface area contributed by atoms with E-state index in [1.807, 2.05) is 49.4 Å². The Morgan fingerprint density at radius 3 is 2.55 bits per heavy atom. The van der Waals surface area contributed by atoms with Gasteiger partial charge in [-0.3, -0.25) is 0 Å². The van der Waals surface area contributed by atoms with Gasteiger partial charge in [0.2, 0.25) is 10.0 Å². The van der Waals surface area contributed by atoms with E-state index >= 15 is 0 Å². The van der Waals surface area contributed by atoms with Crippen LogP contribution >= 0.6 is 27.3 Å². The third-order valence-corrected chi connectivity index (χ3v) is 10.0.